The van der Waals surface area contributed by atoms with Gasteiger partial charge < -0.3 is 20.7 Å². The van der Waals surface area contributed by atoms with Crippen molar-refractivity contribution >= 4 is 28.7 Å². The number of ether oxygens (including phenoxy) is 1. The molecule has 1 saturated heterocycles. The Morgan fingerprint density at radius 3 is 2.81 bits per heavy atom. The number of hydrogen-bond acceptors (Lipinski definition) is 7. The number of nitrogens with two attached hydrogens (primary N) is 1. The molecule has 0 spiro atoms. The first-order chi connectivity index (χ1) is 9.86. The molecule has 0 radical (unpaired) electrons. The zero-order chi connectivity index (χ0) is 15.4. The minimum atomic E-state index is -3.65. The molecule has 2 aromatic heterocycles. The van der Waals surface area contributed by atoms with Crippen LogP contribution < -0.4 is 5.73 Å². The molecule has 2 aromatic rings. The summed E-state index contributed by atoms with van der Waals surface area (Å²) in [5, 5.41) is 18.4. The zero-order valence-corrected chi connectivity index (χ0v) is 11.1. The smallest absolute Gasteiger partial charge is 0.320 e. The second-order valence-corrected chi connectivity index (χ2v) is 4.88. The van der Waals surface area contributed by atoms with Crippen LogP contribution in [-0.4, -0.2) is 54.5 Å². The molecule has 114 valence electrons. The summed E-state index contributed by atoms with van der Waals surface area (Å²) in [5.74, 6) is -3.86. The number of nitrogens with zero attached hydrogens (tertiary/aromatic N) is 4. The Labute approximate surface area is 121 Å². The zero-order valence-electron chi connectivity index (χ0n) is 10.3. The van der Waals surface area contributed by atoms with Crippen molar-refractivity contribution in [1.29, 1.82) is 0 Å². The van der Waals surface area contributed by atoms with Crippen LogP contribution in [0.5, 0.6) is 0 Å². The Bertz CT molecular complexity index is 697. The van der Waals surface area contributed by atoms with Gasteiger partial charge in [0.2, 0.25) is 12.2 Å². The molecule has 0 amide bonds. The molecule has 11 heteroatoms. The summed E-state index contributed by atoms with van der Waals surface area (Å²) >= 11 is 5.81. The third-order valence-corrected chi connectivity index (χ3v) is 3.47. The summed E-state index contributed by atoms with van der Waals surface area (Å²) in [6.07, 6.45) is -4.42. The molecule has 8 nitrogen and oxygen atoms in total. The lowest BCUT2D eigenvalue weighted by Gasteiger charge is -2.20. The van der Waals surface area contributed by atoms with Crippen LogP contribution in [0.15, 0.2) is 6.33 Å². The maximum absolute atomic E-state index is 14.1. The molecule has 1 aliphatic rings. The van der Waals surface area contributed by atoms with Crippen molar-refractivity contribution in [3.8, 4) is 0 Å². The molecule has 4 N–H and O–H groups in total. The van der Waals surface area contributed by atoms with E-state index in [1.54, 1.807) is 0 Å². The van der Waals surface area contributed by atoms with Gasteiger partial charge in [0, 0.05) is 0 Å². The van der Waals surface area contributed by atoms with Gasteiger partial charge in [0.05, 0.1) is 12.9 Å². The predicted molar refractivity (Wildman–Crippen MR) is 66.7 cm³/mol. The van der Waals surface area contributed by atoms with E-state index in [0.29, 0.717) is 0 Å². The number of rotatable bonds is 2. The highest BCUT2D eigenvalue weighted by Crippen LogP contribution is 2.43. The Balaban J connectivity index is 2.13. The molecular formula is C10H10ClF2N5O3. The summed E-state index contributed by atoms with van der Waals surface area (Å²) in [7, 11) is 0. The van der Waals surface area contributed by atoms with Gasteiger partial charge in [0.15, 0.2) is 16.9 Å². The molecule has 3 atom stereocenters. The fourth-order valence-electron chi connectivity index (χ4n) is 2.19. The SMILES string of the molecule is Nc1nc(Cl)c2ncn([C@@H]3O[C@H](CO)[C@@H](O)C3(F)F)c2n1. The largest absolute Gasteiger partial charge is 0.394 e. The number of aromatic nitrogens is 4. The highest BCUT2D eigenvalue weighted by Gasteiger charge is 2.59. The average molecular weight is 322 g/mol. The summed E-state index contributed by atoms with van der Waals surface area (Å²) in [5.41, 5.74) is 5.46. The van der Waals surface area contributed by atoms with Gasteiger partial charge in [-0.1, -0.05) is 11.6 Å². The molecule has 0 bridgehead atoms. The monoisotopic (exact) mass is 321 g/mol. The van der Waals surface area contributed by atoms with Crippen molar-refractivity contribution in [2.45, 2.75) is 24.4 Å². The van der Waals surface area contributed by atoms with E-state index in [4.69, 9.17) is 27.2 Å². The first-order valence-electron chi connectivity index (χ1n) is 5.84. The lowest BCUT2D eigenvalue weighted by molar-refractivity contribution is -0.138. The minimum Gasteiger partial charge on any atom is -0.394 e. The third-order valence-electron chi connectivity index (χ3n) is 3.21. The fraction of sp³-hybridized carbons (Fsp3) is 0.500. The number of fused-ring (bicyclic) bond motifs is 1. The first-order valence-corrected chi connectivity index (χ1v) is 6.21. The molecule has 21 heavy (non-hydrogen) atoms. The molecule has 0 aliphatic carbocycles. The molecule has 0 aromatic carbocycles. The number of anilines is 1. The van der Waals surface area contributed by atoms with Crippen LogP contribution in [0, 0.1) is 0 Å². The van der Waals surface area contributed by atoms with Crippen LogP contribution in [0.1, 0.15) is 6.23 Å². The topological polar surface area (TPSA) is 119 Å². The number of aliphatic hydroxyl groups is 2. The highest BCUT2D eigenvalue weighted by molar-refractivity contribution is 6.33. The van der Waals surface area contributed by atoms with Crippen molar-refractivity contribution in [1.82, 2.24) is 19.5 Å². The van der Waals surface area contributed by atoms with Crippen LogP contribution in [-0.2, 0) is 4.74 Å². The van der Waals surface area contributed by atoms with Crippen molar-refractivity contribution in [3.05, 3.63) is 11.5 Å². The van der Waals surface area contributed by atoms with Crippen molar-refractivity contribution < 1.29 is 23.7 Å². The average Bonchev–Trinajstić information content (AvgIpc) is 2.91. The number of halogens is 3. The van der Waals surface area contributed by atoms with E-state index in [1.165, 1.54) is 0 Å². The van der Waals surface area contributed by atoms with E-state index in [0.717, 1.165) is 10.9 Å². The second-order valence-electron chi connectivity index (χ2n) is 4.53. The summed E-state index contributed by atoms with van der Waals surface area (Å²) in [6.45, 7) is -0.752. The van der Waals surface area contributed by atoms with E-state index >= 15 is 0 Å². The number of aliphatic hydroxyl groups excluding tert-OH is 2. The Hall–Kier alpha value is -1.62. The van der Waals surface area contributed by atoms with Crippen LogP contribution in [0.4, 0.5) is 14.7 Å². The van der Waals surface area contributed by atoms with E-state index in [2.05, 4.69) is 15.0 Å². The number of nitrogen functional groups attached to an aromatic ring is 1. The third kappa shape index (κ3) is 2.02. The van der Waals surface area contributed by atoms with Gasteiger partial charge >= 0.3 is 5.92 Å². The van der Waals surface area contributed by atoms with E-state index in [-0.39, 0.29) is 22.3 Å². The maximum atomic E-state index is 14.1. The first kappa shape index (κ1) is 14.3. The van der Waals surface area contributed by atoms with Gasteiger partial charge in [0.1, 0.15) is 11.6 Å². The number of hydrogen-bond donors (Lipinski definition) is 3. The van der Waals surface area contributed by atoms with Crippen LogP contribution in [0.25, 0.3) is 11.2 Å². The van der Waals surface area contributed by atoms with Crippen LogP contribution in [0.2, 0.25) is 5.15 Å². The van der Waals surface area contributed by atoms with Gasteiger partial charge in [-0.25, -0.2) is 4.98 Å². The number of alkyl halides is 2. The second kappa shape index (κ2) is 4.70. The molecule has 0 saturated carbocycles. The van der Waals surface area contributed by atoms with Gasteiger partial charge in [-0.15, -0.1) is 0 Å². The van der Waals surface area contributed by atoms with Gasteiger partial charge in [-0.05, 0) is 0 Å². The van der Waals surface area contributed by atoms with Crippen LogP contribution >= 0.6 is 11.6 Å². The normalized spacial score (nSPS) is 28.3. The molecule has 1 fully saturated rings. The predicted octanol–water partition coefficient (Wildman–Crippen LogP) is -0.0522. The molecule has 0 unspecified atom stereocenters. The molecule has 3 heterocycles. The quantitative estimate of drug-likeness (QED) is 0.663. The van der Waals surface area contributed by atoms with Crippen LogP contribution in [0.3, 0.4) is 0 Å². The van der Waals surface area contributed by atoms with Crippen molar-refractivity contribution in [3.63, 3.8) is 0 Å². The minimum absolute atomic E-state index is 0.0528. The van der Waals surface area contributed by atoms with E-state index in [9.17, 15) is 13.9 Å². The standard InChI is InChI=1S/C10H10ClF2N5O3/c11-6-4-7(17-9(14)16-6)18(2-15-4)8-10(12,13)5(20)3(1-19)21-8/h2-3,5,8,19-20H,1H2,(H2,14,16,17)/t3-,5-,8-/m1/s1. The van der Waals surface area contributed by atoms with E-state index < -0.39 is 31.0 Å². The lowest BCUT2D eigenvalue weighted by atomic mass is 10.1. The summed E-state index contributed by atoms with van der Waals surface area (Å²) in [6, 6.07) is 0. The number of imidazole rings is 1. The van der Waals surface area contributed by atoms with E-state index in [1.807, 2.05) is 0 Å². The molecular weight excluding hydrogens is 312 g/mol. The molecule has 3 rings (SSSR count). The fourth-order valence-corrected chi connectivity index (χ4v) is 2.41. The summed E-state index contributed by atoms with van der Waals surface area (Å²) in [4.78, 5) is 11.3. The van der Waals surface area contributed by atoms with Gasteiger partial charge in [-0.2, -0.15) is 18.7 Å². The van der Waals surface area contributed by atoms with Gasteiger partial charge in [0.25, 0.3) is 0 Å². The maximum Gasteiger partial charge on any atom is 0.320 e. The Morgan fingerprint density at radius 2 is 2.19 bits per heavy atom. The Kier molecular flexibility index (Phi) is 3.20. The highest BCUT2D eigenvalue weighted by atomic mass is 35.5. The lowest BCUT2D eigenvalue weighted by Crippen LogP contribution is -2.39. The molecule has 1 aliphatic heterocycles. The van der Waals surface area contributed by atoms with Gasteiger partial charge in [-0.3, -0.25) is 4.57 Å². The summed E-state index contributed by atoms with van der Waals surface area (Å²) < 4.78 is 34.1. The van der Waals surface area contributed by atoms with Crippen molar-refractivity contribution in [2.75, 3.05) is 12.3 Å². The Morgan fingerprint density at radius 1 is 1.48 bits per heavy atom. The van der Waals surface area contributed by atoms with Crippen molar-refractivity contribution in [2.24, 2.45) is 0 Å².